The topological polar surface area (TPSA) is 58.6 Å². The molecule has 0 amide bonds. The van der Waals surface area contributed by atoms with E-state index in [2.05, 4.69) is 37.0 Å². The van der Waals surface area contributed by atoms with Crippen LogP contribution in [-0.4, -0.2) is 11.0 Å². The molecule has 0 heterocycles. The molecule has 7 heteroatoms. The molecule has 20 heavy (non-hydrogen) atoms. The summed E-state index contributed by atoms with van der Waals surface area (Å²) in [5.74, 6) is -0.594. The van der Waals surface area contributed by atoms with E-state index < -0.39 is 5.82 Å². The average Bonchev–Trinajstić information content (AvgIpc) is 2.45. The van der Waals surface area contributed by atoms with Gasteiger partial charge in [0.25, 0.3) is 0 Å². The monoisotopic (exact) mass is 418 g/mol. The average molecular weight is 420 g/mol. The van der Waals surface area contributed by atoms with Gasteiger partial charge in [-0.15, -0.1) is 0 Å². The Morgan fingerprint density at radius 3 is 2.50 bits per heavy atom. The van der Waals surface area contributed by atoms with E-state index in [4.69, 9.17) is 10.9 Å². The van der Waals surface area contributed by atoms with Gasteiger partial charge in [-0.05, 0) is 56.1 Å². The summed E-state index contributed by atoms with van der Waals surface area (Å²) >= 11 is 7.84. The number of nitrogens with two attached hydrogens (primary N) is 1. The Bertz CT molecular complexity index is 679. The first-order valence-electron chi connectivity index (χ1n) is 5.43. The number of halogens is 3. The molecule has 2 aromatic carbocycles. The van der Waals surface area contributed by atoms with Crippen LogP contribution in [0.1, 0.15) is 5.56 Å². The molecule has 0 unspecified atom stereocenters. The molecule has 0 saturated carbocycles. The summed E-state index contributed by atoms with van der Waals surface area (Å²) in [6.45, 7) is 0. The molecule has 3 nitrogen and oxygen atoms in total. The molecular weight excluding hydrogens is 411 g/mol. The Morgan fingerprint density at radius 2 is 1.85 bits per heavy atom. The lowest BCUT2D eigenvalue weighted by Crippen LogP contribution is -2.14. The highest BCUT2D eigenvalue weighted by molar-refractivity contribution is 9.10. The van der Waals surface area contributed by atoms with Gasteiger partial charge in [0.1, 0.15) is 0 Å². The first-order valence-corrected chi connectivity index (χ1v) is 7.83. The number of hydrogen-bond donors (Lipinski definition) is 2. The first-order chi connectivity index (χ1) is 9.54. The highest BCUT2D eigenvalue weighted by Gasteiger charge is 2.15. The molecule has 0 aliphatic rings. The second kappa shape index (κ2) is 6.60. The maximum atomic E-state index is 14.3. The molecule has 0 atom stereocenters. The molecule has 0 fully saturated rings. The van der Waals surface area contributed by atoms with Crippen molar-refractivity contribution in [3.05, 3.63) is 56.7 Å². The molecule has 0 aliphatic heterocycles. The normalized spacial score (nSPS) is 11.7. The summed E-state index contributed by atoms with van der Waals surface area (Å²) < 4.78 is 15.4. The number of hydrogen-bond acceptors (Lipinski definition) is 3. The summed E-state index contributed by atoms with van der Waals surface area (Å²) in [6, 6.07) is 10.7. The smallest absolute Gasteiger partial charge is 0.171 e. The lowest BCUT2D eigenvalue weighted by Gasteiger charge is -2.09. The van der Waals surface area contributed by atoms with E-state index in [1.54, 1.807) is 12.1 Å². The van der Waals surface area contributed by atoms with Gasteiger partial charge in [0.2, 0.25) is 0 Å². The second-order valence-electron chi connectivity index (χ2n) is 3.76. The summed E-state index contributed by atoms with van der Waals surface area (Å²) in [5, 5.41) is 11.5. The number of rotatable bonds is 3. The summed E-state index contributed by atoms with van der Waals surface area (Å²) in [5.41, 5.74) is 5.79. The van der Waals surface area contributed by atoms with Crippen molar-refractivity contribution in [3.63, 3.8) is 0 Å². The first kappa shape index (κ1) is 15.3. The maximum absolute atomic E-state index is 14.3. The van der Waals surface area contributed by atoms with Gasteiger partial charge in [-0.3, -0.25) is 0 Å². The molecule has 0 saturated heterocycles. The molecule has 0 aromatic heterocycles. The highest BCUT2D eigenvalue weighted by atomic mass is 79.9. The van der Waals surface area contributed by atoms with Crippen LogP contribution >= 0.6 is 43.6 Å². The van der Waals surface area contributed by atoms with E-state index in [9.17, 15) is 4.39 Å². The SMILES string of the molecule is N/C(=N/O)c1ccc(Sc2ccccc2Br)c(F)c1Br. The molecule has 0 radical (unpaired) electrons. The highest BCUT2D eigenvalue weighted by Crippen LogP contribution is 2.37. The molecule has 3 N–H and O–H groups in total. The van der Waals surface area contributed by atoms with Gasteiger partial charge in [-0.2, -0.15) is 0 Å². The molecule has 2 rings (SSSR count). The van der Waals surface area contributed by atoms with Gasteiger partial charge in [-0.25, -0.2) is 4.39 Å². The lowest BCUT2D eigenvalue weighted by atomic mass is 10.2. The standard InChI is InChI=1S/C13H9Br2FN2OS/c14-8-3-1-2-4-9(8)20-10-6-5-7(13(17)18-19)11(15)12(10)16/h1-6,19H,(H2,17,18). The Hall–Kier alpha value is -1.05. The van der Waals surface area contributed by atoms with Crippen LogP contribution in [0.25, 0.3) is 0 Å². The Morgan fingerprint density at radius 1 is 1.15 bits per heavy atom. The lowest BCUT2D eigenvalue weighted by molar-refractivity contribution is 0.318. The van der Waals surface area contributed by atoms with Crippen molar-refractivity contribution in [1.82, 2.24) is 0 Å². The molecule has 0 aliphatic carbocycles. The molecular formula is C13H9Br2FN2OS. The fourth-order valence-electron chi connectivity index (χ4n) is 1.51. The quantitative estimate of drug-likeness (QED) is 0.331. The van der Waals surface area contributed by atoms with E-state index in [0.29, 0.717) is 10.5 Å². The van der Waals surface area contributed by atoms with Crippen LogP contribution in [0.2, 0.25) is 0 Å². The zero-order valence-electron chi connectivity index (χ0n) is 9.98. The minimum absolute atomic E-state index is 0.145. The van der Waals surface area contributed by atoms with Gasteiger partial charge in [0, 0.05) is 19.8 Å². The van der Waals surface area contributed by atoms with E-state index >= 15 is 0 Å². The minimum atomic E-state index is -0.449. The molecule has 104 valence electrons. The predicted molar refractivity (Wildman–Crippen MR) is 84.9 cm³/mol. The van der Waals surface area contributed by atoms with E-state index in [-0.39, 0.29) is 10.3 Å². The van der Waals surface area contributed by atoms with Crippen LogP contribution in [0.15, 0.2) is 60.3 Å². The molecule has 0 spiro atoms. The van der Waals surface area contributed by atoms with Crippen molar-refractivity contribution in [3.8, 4) is 0 Å². The third-order valence-electron chi connectivity index (χ3n) is 2.49. The summed E-state index contributed by atoms with van der Waals surface area (Å²) in [7, 11) is 0. The zero-order chi connectivity index (χ0) is 14.7. The van der Waals surface area contributed by atoms with Crippen LogP contribution in [0.3, 0.4) is 0 Å². The number of benzene rings is 2. The van der Waals surface area contributed by atoms with Gasteiger partial charge in [0.05, 0.1) is 4.47 Å². The fourth-order valence-corrected chi connectivity index (χ4v) is 3.59. The van der Waals surface area contributed by atoms with Crippen LogP contribution in [-0.2, 0) is 0 Å². The van der Waals surface area contributed by atoms with Crippen molar-refractivity contribution >= 4 is 49.5 Å². The Labute approximate surface area is 136 Å². The van der Waals surface area contributed by atoms with Crippen molar-refractivity contribution in [2.24, 2.45) is 10.9 Å². The second-order valence-corrected chi connectivity index (χ2v) is 6.49. The summed E-state index contributed by atoms with van der Waals surface area (Å²) in [4.78, 5) is 1.34. The van der Waals surface area contributed by atoms with Gasteiger partial charge in [-0.1, -0.05) is 29.1 Å². The van der Waals surface area contributed by atoms with Crippen molar-refractivity contribution in [1.29, 1.82) is 0 Å². The minimum Gasteiger partial charge on any atom is -0.409 e. The molecule has 2 aromatic rings. The summed E-state index contributed by atoms with van der Waals surface area (Å²) in [6.07, 6.45) is 0. The Balaban J connectivity index is 2.40. The largest absolute Gasteiger partial charge is 0.409 e. The van der Waals surface area contributed by atoms with Gasteiger partial charge in [0.15, 0.2) is 11.7 Å². The van der Waals surface area contributed by atoms with E-state index in [1.807, 2.05) is 24.3 Å². The van der Waals surface area contributed by atoms with E-state index in [1.165, 1.54) is 11.8 Å². The number of amidine groups is 1. The zero-order valence-corrected chi connectivity index (χ0v) is 14.0. The van der Waals surface area contributed by atoms with Crippen LogP contribution in [0, 0.1) is 5.82 Å². The Kier molecular flexibility index (Phi) is 5.06. The third kappa shape index (κ3) is 3.16. The van der Waals surface area contributed by atoms with Crippen molar-refractivity contribution < 1.29 is 9.60 Å². The van der Waals surface area contributed by atoms with Crippen molar-refractivity contribution in [2.45, 2.75) is 9.79 Å². The van der Waals surface area contributed by atoms with Gasteiger partial charge >= 0.3 is 0 Å². The van der Waals surface area contributed by atoms with Crippen LogP contribution in [0.4, 0.5) is 4.39 Å². The number of oxime groups is 1. The van der Waals surface area contributed by atoms with Gasteiger partial charge < -0.3 is 10.9 Å². The predicted octanol–water partition coefficient (Wildman–Crippen LogP) is 4.60. The van der Waals surface area contributed by atoms with Crippen LogP contribution < -0.4 is 5.73 Å². The third-order valence-corrected chi connectivity index (χ3v) is 5.33. The van der Waals surface area contributed by atoms with E-state index in [0.717, 1.165) is 9.37 Å². The maximum Gasteiger partial charge on any atom is 0.171 e. The fraction of sp³-hybridized carbons (Fsp3) is 0. The van der Waals surface area contributed by atoms with Crippen molar-refractivity contribution in [2.75, 3.05) is 0 Å². The van der Waals surface area contributed by atoms with Crippen LogP contribution in [0.5, 0.6) is 0 Å². The number of nitrogens with zero attached hydrogens (tertiary/aromatic N) is 1. The molecule has 0 bridgehead atoms.